The fraction of sp³-hybridized carbons (Fsp3) is 0.538. The summed E-state index contributed by atoms with van der Waals surface area (Å²) in [5.74, 6) is -0.0987. The Morgan fingerprint density at radius 3 is 2.83 bits per heavy atom. The largest absolute Gasteiger partial charge is 0.383 e. The van der Waals surface area contributed by atoms with Gasteiger partial charge in [0.05, 0.1) is 6.61 Å². The number of pyridine rings is 1. The van der Waals surface area contributed by atoms with Crippen LogP contribution in [-0.4, -0.2) is 49.6 Å². The van der Waals surface area contributed by atoms with Gasteiger partial charge in [0.1, 0.15) is 5.69 Å². The van der Waals surface area contributed by atoms with E-state index in [1.165, 1.54) is 4.90 Å². The zero-order valence-electron chi connectivity index (χ0n) is 11.4. The molecule has 0 saturated carbocycles. The van der Waals surface area contributed by atoms with Gasteiger partial charge in [0.15, 0.2) is 0 Å². The standard InChI is InChI=1S/C13H21N3O2/c1-5-10(9-18-4)15-11-6-7-14-12(8-11)13(17)16(2)3/h6-8,10H,5,9H2,1-4H3,(H,14,15). The van der Waals surface area contributed by atoms with Gasteiger partial charge < -0.3 is 15.0 Å². The molecule has 1 N–H and O–H groups in total. The molecule has 0 bridgehead atoms. The number of aromatic nitrogens is 1. The van der Waals surface area contributed by atoms with Crippen LogP contribution in [0.25, 0.3) is 0 Å². The highest BCUT2D eigenvalue weighted by atomic mass is 16.5. The second-order valence-corrected chi connectivity index (χ2v) is 4.33. The Labute approximate surface area is 108 Å². The molecule has 0 aliphatic heterocycles. The monoisotopic (exact) mass is 251 g/mol. The number of nitrogens with zero attached hydrogens (tertiary/aromatic N) is 2. The van der Waals surface area contributed by atoms with E-state index in [-0.39, 0.29) is 11.9 Å². The zero-order chi connectivity index (χ0) is 13.5. The van der Waals surface area contributed by atoms with Crippen LogP contribution in [0.5, 0.6) is 0 Å². The fourth-order valence-corrected chi connectivity index (χ4v) is 1.56. The van der Waals surface area contributed by atoms with E-state index in [0.717, 1.165) is 12.1 Å². The highest BCUT2D eigenvalue weighted by Gasteiger charge is 2.11. The van der Waals surface area contributed by atoms with Crippen molar-refractivity contribution < 1.29 is 9.53 Å². The number of hydrogen-bond acceptors (Lipinski definition) is 4. The van der Waals surface area contributed by atoms with Gasteiger partial charge in [-0.15, -0.1) is 0 Å². The van der Waals surface area contributed by atoms with E-state index >= 15 is 0 Å². The summed E-state index contributed by atoms with van der Waals surface area (Å²) in [5.41, 5.74) is 1.33. The molecule has 0 saturated heterocycles. The van der Waals surface area contributed by atoms with Crippen molar-refractivity contribution in [2.75, 3.05) is 33.1 Å². The van der Waals surface area contributed by atoms with Crippen LogP contribution in [0.15, 0.2) is 18.3 Å². The molecule has 1 unspecified atom stereocenters. The third kappa shape index (κ3) is 4.00. The average molecular weight is 251 g/mol. The molecule has 5 nitrogen and oxygen atoms in total. The molecule has 0 radical (unpaired) electrons. The van der Waals surface area contributed by atoms with Gasteiger partial charge in [-0.25, -0.2) is 0 Å². The molecule has 1 aromatic heterocycles. The van der Waals surface area contributed by atoms with E-state index in [9.17, 15) is 4.79 Å². The third-order valence-electron chi connectivity index (χ3n) is 2.62. The summed E-state index contributed by atoms with van der Waals surface area (Å²) in [5, 5.41) is 3.33. The maximum Gasteiger partial charge on any atom is 0.272 e. The van der Waals surface area contributed by atoms with Crippen LogP contribution in [0.2, 0.25) is 0 Å². The molecule has 1 amide bonds. The second kappa shape index (κ2) is 6.96. The lowest BCUT2D eigenvalue weighted by Gasteiger charge is -2.18. The van der Waals surface area contributed by atoms with E-state index in [0.29, 0.717) is 12.3 Å². The molecule has 1 atom stereocenters. The van der Waals surface area contributed by atoms with Crippen LogP contribution in [0.1, 0.15) is 23.8 Å². The first-order valence-corrected chi connectivity index (χ1v) is 6.01. The minimum Gasteiger partial charge on any atom is -0.383 e. The van der Waals surface area contributed by atoms with Gasteiger partial charge in [0, 0.05) is 39.1 Å². The molecule has 1 heterocycles. The SMILES string of the molecule is CCC(COC)Nc1ccnc(C(=O)N(C)C)c1. The maximum absolute atomic E-state index is 11.8. The molecule has 5 heteroatoms. The molecule has 0 aliphatic carbocycles. The van der Waals surface area contributed by atoms with Crippen LogP contribution in [-0.2, 0) is 4.74 Å². The van der Waals surface area contributed by atoms with Gasteiger partial charge in [-0.1, -0.05) is 6.92 Å². The van der Waals surface area contributed by atoms with E-state index in [1.807, 2.05) is 6.07 Å². The Bertz CT molecular complexity index is 394. The van der Waals surface area contributed by atoms with E-state index in [1.54, 1.807) is 33.5 Å². The van der Waals surface area contributed by atoms with Gasteiger partial charge in [-0.05, 0) is 18.6 Å². The molecule has 0 fully saturated rings. The summed E-state index contributed by atoms with van der Waals surface area (Å²) in [6, 6.07) is 3.85. The topological polar surface area (TPSA) is 54.5 Å². The number of carbonyl (C=O) groups excluding carboxylic acids is 1. The van der Waals surface area contributed by atoms with E-state index in [2.05, 4.69) is 17.2 Å². The number of anilines is 1. The average Bonchev–Trinajstić information content (AvgIpc) is 2.37. The van der Waals surface area contributed by atoms with Gasteiger partial charge in [0.2, 0.25) is 0 Å². The van der Waals surface area contributed by atoms with Gasteiger partial charge in [-0.2, -0.15) is 0 Å². The van der Waals surface area contributed by atoms with Crippen molar-refractivity contribution >= 4 is 11.6 Å². The van der Waals surface area contributed by atoms with Crippen LogP contribution >= 0.6 is 0 Å². The number of ether oxygens (including phenoxy) is 1. The Morgan fingerprint density at radius 2 is 2.28 bits per heavy atom. The van der Waals surface area contributed by atoms with Crippen LogP contribution < -0.4 is 5.32 Å². The van der Waals surface area contributed by atoms with Crippen LogP contribution in [0, 0.1) is 0 Å². The van der Waals surface area contributed by atoms with E-state index < -0.39 is 0 Å². The van der Waals surface area contributed by atoms with E-state index in [4.69, 9.17) is 4.74 Å². The number of carbonyl (C=O) groups is 1. The zero-order valence-corrected chi connectivity index (χ0v) is 11.4. The fourth-order valence-electron chi connectivity index (χ4n) is 1.56. The van der Waals surface area contributed by atoms with Crippen molar-refractivity contribution in [2.24, 2.45) is 0 Å². The summed E-state index contributed by atoms with van der Waals surface area (Å²) in [6.45, 7) is 2.72. The predicted molar refractivity (Wildman–Crippen MR) is 71.8 cm³/mol. The smallest absolute Gasteiger partial charge is 0.272 e. The first kappa shape index (κ1) is 14.4. The molecule has 0 aromatic carbocycles. The minimum absolute atomic E-state index is 0.0987. The maximum atomic E-state index is 11.8. The van der Waals surface area contributed by atoms with Crippen molar-refractivity contribution in [2.45, 2.75) is 19.4 Å². The Balaban J connectivity index is 2.78. The second-order valence-electron chi connectivity index (χ2n) is 4.33. The molecule has 18 heavy (non-hydrogen) atoms. The number of methoxy groups -OCH3 is 1. The lowest BCUT2D eigenvalue weighted by molar-refractivity contribution is 0.0822. The highest BCUT2D eigenvalue weighted by Crippen LogP contribution is 2.12. The van der Waals surface area contributed by atoms with Crippen molar-refractivity contribution in [3.63, 3.8) is 0 Å². The molecule has 100 valence electrons. The van der Waals surface area contributed by atoms with Gasteiger partial charge >= 0.3 is 0 Å². The van der Waals surface area contributed by atoms with Crippen molar-refractivity contribution in [1.82, 2.24) is 9.88 Å². The van der Waals surface area contributed by atoms with Gasteiger partial charge in [0.25, 0.3) is 5.91 Å². The number of amides is 1. The minimum atomic E-state index is -0.0987. The highest BCUT2D eigenvalue weighted by molar-refractivity contribution is 5.92. The summed E-state index contributed by atoms with van der Waals surface area (Å²) in [7, 11) is 5.10. The molecular formula is C13H21N3O2. The summed E-state index contributed by atoms with van der Waals surface area (Å²) >= 11 is 0. The van der Waals surface area contributed by atoms with Crippen LogP contribution in [0.3, 0.4) is 0 Å². The predicted octanol–water partition coefficient (Wildman–Crippen LogP) is 1.62. The molecule has 1 rings (SSSR count). The summed E-state index contributed by atoms with van der Waals surface area (Å²) in [6.07, 6.45) is 2.59. The molecular weight excluding hydrogens is 230 g/mol. The Kier molecular flexibility index (Phi) is 5.58. The first-order valence-electron chi connectivity index (χ1n) is 6.01. The Morgan fingerprint density at radius 1 is 1.56 bits per heavy atom. The van der Waals surface area contributed by atoms with Gasteiger partial charge in [-0.3, -0.25) is 9.78 Å². The Hall–Kier alpha value is -1.62. The normalized spacial score (nSPS) is 12.0. The lowest BCUT2D eigenvalue weighted by Crippen LogP contribution is -2.25. The summed E-state index contributed by atoms with van der Waals surface area (Å²) in [4.78, 5) is 17.4. The third-order valence-corrected chi connectivity index (χ3v) is 2.62. The number of nitrogens with one attached hydrogen (secondary N) is 1. The van der Waals surface area contributed by atoms with Crippen molar-refractivity contribution in [3.05, 3.63) is 24.0 Å². The van der Waals surface area contributed by atoms with Crippen molar-refractivity contribution in [1.29, 1.82) is 0 Å². The molecule has 0 spiro atoms. The molecule has 1 aromatic rings. The molecule has 0 aliphatic rings. The number of hydrogen-bond donors (Lipinski definition) is 1. The lowest BCUT2D eigenvalue weighted by atomic mass is 10.2. The number of rotatable bonds is 6. The van der Waals surface area contributed by atoms with Crippen LogP contribution in [0.4, 0.5) is 5.69 Å². The van der Waals surface area contributed by atoms with Crippen molar-refractivity contribution in [3.8, 4) is 0 Å². The summed E-state index contributed by atoms with van der Waals surface area (Å²) < 4.78 is 5.13. The first-order chi connectivity index (χ1) is 8.58. The quantitative estimate of drug-likeness (QED) is 0.834.